The number of rotatable bonds is 4. The summed E-state index contributed by atoms with van der Waals surface area (Å²) in [4.78, 5) is 28.4. The van der Waals surface area contributed by atoms with Gasteiger partial charge in [-0.3, -0.25) is 9.59 Å². The van der Waals surface area contributed by atoms with Gasteiger partial charge in [0.05, 0.1) is 15.6 Å². The van der Waals surface area contributed by atoms with Crippen molar-refractivity contribution in [2.45, 2.75) is 13.3 Å². The normalized spacial score (nSPS) is 18.8. The smallest absolute Gasteiger partial charge is 0.258 e. The lowest BCUT2D eigenvalue weighted by Gasteiger charge is -2.10. The summed E-state index contributed by atoms with van der Waals surface area (Å²) < 4.78 is 0. The molecule has 124 valence electrons. The van der Waals surface area contributed by atoms with E-state index in [2.05, 4.69) is 15.6 Å². The third-order valence-electron chi connectivity index (χ3n) is 3.91. The predicted molar refractivity (Wildman–Crippen MR) is 94.6 cm³/mol. The largest absolute Gasteiger partial charge is 0.322 e. The van der Waals surface area contributed by atoms with Crippen LogP contribution in [-0.2, 0) is 4.79 Å². The van der Waals surface area contributed by atoms with Crippen molar-refractivity contribution in [3.63, 3.8) is 0 Å². The lowest BCUT2D eigenvalue weighted by Crippen LogP contribution is -2.16. The summed E-state index contributed by atoms with van der Waals surface area (Å²) in [5.41, 5.74) is 0.695. The molecule has 2 N–H and O–H groups in total. The molecular weight excluding hydrogens is 349 g/mol. The van der Waals surface area contributed by atoms with E-state index >= 15 is 0 Å². The number of aromatic nitrogens is 1. The van der Waals surface area contributed by atoms with Gasteiger partial charge in [0, 0.05) is 23.9 Å². The molecule has 1 heterocycles. The van der Waals surface area contributed by atoms with E-state index in [4.69, 9.17) is 23.2 Å². The molecule has 1 aliphatic carbocycles. The summed E-state index contributed by atoms with van der Waals surface area (Å²) >= 11 is 12.1. The zero-order chi connectivity index (χ0) is 17.3. The van der Waals surface area contributed by atoms with E-state index in [0.717, 1.165) is 6.42 Å². The third-order valence-corrected chi connectivity index (χ3v) is 4.54. The van der Waals surface area contributed by atoms with Crippen molar-refractivity contribution in [1.82, 2.24) is 4.98 Å². The molecule has 0 bridgehead atoms. The van der Waals surface area contributed by atoms with Crippen molar-refractivity contribution in [3.8, 4) is 0 Å². The van der Waals surface area contributed by atoms with Gasteiger partial charge in [0.15, 0.2) is 0 Å². The number of nitrogens with zero attached hydrogens (tertiary/aromatic N) is 1. The minimum absolute atomic E-state index is 0.0481. The maximum absolute atomic E-state index is 12.4. The Bertz CT molecular complexity index is 790. The number of halogens is 2. The standard InChI is InChI=1S/C17H15Cl2N3O2/c1-9-7-11(9)16(23)22-14-8-10(5-6-20-14)21-17(24)15-12(18)3-2-4-13(15)19/h2-6,8-9,11H,7H2,1H3,(H2,20,21,22,23,24)/t9-,11+/m0/s1. The van der Waals surface area contributed by atoms with Gasteiger partial charge in [-0.2, -0.15) is 0 Å². The molecule has 0 saturated heterocycles. The Labute approximate surface area is 149 Å². The van der Waals surface area contributed by atoms with Crippen LogP contribution in [0.25, 0.3) is 0 Å². The van der Waals surface area contributed by atoms with Crippen molar-refractivity contribution >= 4 is 46.5 Å². The Morgan fingerprint density at radius 3 is 2.46 bits per heavy atom. The molecule has 1 aliphatic rings. The molecule has 1 aromatic carbocycles. The second-order valence-corrected chi connectivity index (χ2v) is 6.60. The maximum atomic E-state index is 12.4. The maximum Gasteiger partial charge on any atom is 0.258 e. The third kappa shape index (κ3) is 3.68. The average molecular weight is 364 g/mol. The van der Waals surface area contributed by atoms with Gasteiger partial charge >= 0.3 is 0 Å². The van der Waals surface area contributed by atoms with Gasteiger partial charge in [-0.15, -0.1) is 0 Å². The lowest BCUT2D eigenvalue weighted by molar-refractivity contribution is -0.117. The number of hydrogen-bond acceptors (Lipinski definition) is 3. The highest BCUT2D eigenvalue weighted by Gasteiger charge is 2.39. The van der Waals surface area contributed by atoms with Crippen LogP contribution in [0.1, 0.15) is 23.7 Å². The zero-order valence-electron chi connectivity index (χ0n) is 12.8. The van der Waals surface area contributed by atoms with E-state index in [1.54, 1.807) is 30.3 Å². The molecule has 24 heavy (non-hydrogen) atoms. The summed E-state index contributed by atoms with van der Waals surface area (Å²) in [5.74, 6) is 0.377. The van der Waals surface area contributed by atoms with Crippen molar-refractivity contribution in [1.29, 1.82) is 0 Å². The summed E-state index contributed by atoms with van der Waals surface area (Å²) in [6, 6.07) is 8.07. The van der Waals surface area contributed by atoms with Crippen LogP contribution in [0.15, 0.2) is 36.5 Å². The first-order valence-corrected chi connectivity index (χ1v) is 8.23. The van der Waals surface area contributed by atoms with E-state index in [0.29, 0.717) is 17.4 Å². The van der Waals surface area contributed by atoms with Crippen LogP contribution in [0, 0.1) is 11.8 Å². The van der Waals surface area contributed by atoms with Gasteiger partial charge in [0.25, 0.3) is 5.91 Å². The van der Waals surface area contributed by atoms with Crippen LogP contribution in [0.5, 0.6) is 0 Å². The molecule has 1 aromatic heterocycles. The van der Waals surface area contributed by atoms with E-state index in [1.807, 2.05) is 6.92 Å². The van der Waals surface area contributed by atoms with Gasteiger partial charge in [-0.25, -0.2) is 4.98 Å². The Hall–Kier alpha value is -2.11. The number of carbonyl (C=O) groups is 2. The highest BCUT2D eigenvalue weighted by molar-refractivity contribution is 6.40. The van der Waals surface area contributed by atoms with Crippen LogP contribution in [0.4, 0.5) is 11.5 Å². The SMILES string of the molecule is C[C@H]1C[C@H]1C(=O)Nc1cc(NC(=O)c2c(Cl)cccc2Cl)ccn1. The highest BCUT2D eigenvalue weighted by atomic mass is 35.5. The number of anilines is 2. The first kappa shape index (κ1) is 16.7. The molecule has 3 rings (SSSR count). The number of hydrogen-bond donors (Lipinski definition) is 2. The predicted octanol–water partition coefficient (Wildman–Crippen LogP) is 4.24. The number of carbonyl (C=O) groups excluding carboxylic acids is 2. The van der Waals surface area contributed by atoms with Crippen molar-refractivity contribution in [2.75, 3.05) is 10.6 Å². The average Bonchev–Trinajstić information content (AvgIpc) is 3.24. The monoisotopic (exact) mass is 363 g/mol. The molecule has 2 atom stereocenters. The summed E-state index contributed by atoms with van der Waals surface area (Å²) in [5, 5.41) is 6.00. The molecule has 1 fully saturated rings. The molecule has 0 spiro atoms. The van der Waals surface area contributed by atoms with Gasteiger partial charge in [0.1, 0.15) is 5.82 Å². The zero-order valence-corrected chi connectivity index (χ0v) is 14.4. The Morgan fingerprint density at radius 2 is 1.83 bits per heavy atom. The number of nitrogens with one attached hydrogen (secondary N) is 2. The van der Waals surface area contributed by atoms with Gasteiger partial charge in [0.2, 0.25) is 5.91 Å². The number of benzene rings is 1. The minimum Gasteiger partial charge on any atom is -0.322 e. The molecule has 1 saturated carbocycles. The van der Waals surface area contributed by atoms with Crippen molar-refractivity contribution in [2.24, 2.45) is 11.8 Å². The second-order valence-electron chi connectivity index (χ2n) is 5.79. The van der Waals surface area contributed by atoms with Gasteiger partial charge in [-0.1, -0.05) is 36.2 Å². The van der Waals surface area contributed by atoms with Crippen LogP contribution in [0.2, 0.25) is 10.0 Å². The Balaban J connectivity index is 1.72. The molecule has 0 radical (unpaired) electrons. The lowest BCUT2D eigenvalue weighted by atomic mass is 10.2. The molecular formula is C17H15Cl2N3O2. The van der Waals surface area contributed by atoms with Crippen LogP contribution < -0.4 is 10.6 Å². The molecule has 0 unspecified atom stereocenters. The highest BCUT2D eigenvalue weighted by Crippen LogP contribution is 2.38. The van der Waals surface area contributed by atoms with Crippen LogP contribution >= 0.6 is 23.2 Å². The Morgan fingerprint density at radius 1 is 1.17 bits per heavy atom. The molecule has 5 nitrogen and oxygen atoms in total. The topological polar surface area (TPSA) is 71.1 Å². The molecule has 0 aliphatic heterocycles. The van der Waals surface area contributed by atoms with Crippen molar-refractivity contribution in [3.05, 3.63) is 52.1 Å². The molecule has 2 amide bonds. The van der Waals surface area contributed by atoms with Gasteiger partial charge in [-0.05, 0) is 30.5 Å². The first-order chi connectivity index (χ1) is 11.5. The quantitative estimate of drug-likeness (QED) is 0.853. The minimum atomic E-state index is -0.426. The van der Waals surface area contributed by atoms with E-state index in [1.165, 1.54) is 6.20 Å². The van der Waals surface area contributed by atoms with Gasteiger partial charge < -0.3 is 10.6 Å². The van der Waals surface area contributed by atoms with E-state index in [-0.39, 0.29) is 27.4 Å². The Kier molecular flexibility index (Phi) is 4.73. The van der Waals surface area contributed by atoms with E-state index in [9.17, 15) is 9.59 Å². The summed E-state index contributed by atoms with van der Waals surface area (Å²) in [7, 11) is 0. The fraction of sp³-hybridized carbons (Fsp3) is 0.235. The molecule has 2 aromatic rings. The second kappa shape index (κ2) is 6.79. The first-order valence-electron chi connectivity index (χ1n) is 7.48. The van der Waals surface area contributed by atoms with Crippen LogP contribution in [0.3, 0.4) is 0 Å². The fourth-order valence-corrected chi connectivity index (χ4v) is 2.96. The fourth-order valence-electron chi connectivity index (χ4n) is 2.39. The number of amides is 2. The summed E-state index contributed by atoms with van der Waals surface area (Å²) in [6.45, 7) is 2.03. The van der Waals surface area contributed by atoms with Crippen LogP contribution in [-0.4, -0.2) is 16.8 Å². The van der Waals surface area contributed by atoms with E-state index < -0.39 is 5.91 Å². The van der Waals surface area contributed by atoms with Crippen molar-refractivity contribution < 1.29 is 9.59 Å². The number of pyridine rings is 1. The summed E-state index contributed by atoms with van der Waals surface area (Å²) in [6.07, 6.45) is 2.41. The molecule has 7 heteroatoms.